The Morgan fingerprint density at radius 3 is 2.61 bits per heavy atom. The van der Waals surface area contributed by atoms with Crippen molar-refractivity contribution in [3.63, 3.8) is 0 Å². The number of hydrogen-bond donors (Lipinski definition) is 1. The van der Waals surface area contributed by atoms with Gasteiger partial charge >= 0.3 is 6.18 Å². The van der Waals surface area contributed by atoms with E-state index in [-0.39, 0.29) is 18.1 Å². The Hall–Kier alpha value is -2.65. The molecular formula is C27H31F5N2O2. The van der Waals surface area contributed by atoms with Gasteiger partial charge in [-0.1, -0.05) is 24.3 Å². The highest BCUT2D eigenvalue weighted by Crippen LogP contribution is 2.51. The third-order valence-corrected chi connectivity index (χ3v) is 6.80. The normalized spacial score (nSPS) is 19.9. The number of halogens is 5. The van der Waals surface area contributed by atoms with Crippen LogP contribution in [0.15, 0.2) is 42.0 Å². The van der Waals surface area contributed by atoms with Crippen molar-refractivity contribution < 1.29 is 31.4 Å². The predicted octanol–water partition coefficient (Wildman–Crippen LogP) is 5.87. The summed E-state index contributed by atoms with van der Waals surface area (Å²) in [6, 6.07) is 9.35. The third-order valence-electron chi connectivity index (χ3n) is 6.80. The molecule has 196 valence electrons. The largest absolute Gasteiger partial charge is 0.496 e. The summed E-state index contributed by atoms with van der Waals surface area (Å²) in [5.41, 5.74) is 4.50. The molecule has 0 bridgehead atoms. The van der Waals surface area contributed by atoms with Crippen LogP contribution in [0.2, 0.25) is 0 Å². The van der Waals surface area contributed by atoms with Crippen LogP contribution < -0.4 is 14.8 Å². The lowest BCUT2D eigenvalue weighted by Gasteiger charge is -2.43. The van der Waals surface area contributed by atoms with Gasteiger partial charge in [0.2, 0.25) is 0 Å². The second-order valence-electron chi connectivity index (χ2n) is 9.25. The minimum atomic E-state index is -4.41. The van der Waals surface area contributed by atoms with Gasteiger partial charge in [-0.05, 0) is 61.1 Å². The van der Waals surface area contributed by atoms with Gasteiger partial charge in [0, 0.05) is 24.2 Å². The fraction of sp³-hybridized carbons (Fsp3) is 0.481. The summed E-state index contributed by atoms with van der Waals surface area (Å²) in [5.74, 6) is -0.537. The standard InChI is InChI=1S/C27H31F5N2O2/c1-17-12-20-19-7-4-3-6-18(19)13-21(20)26(34(17)16-27(30,31)32)22-14-25(23(29)15-24(22)35-2)36-11-10-33-9-5-8-28/h3-4,6-7,14-15,17,26,33H,5,8-13,16H2,1-2H3/t17-,26+/m1/s1. The summed E-state index contributed by atoms with van der Waals surface area (Å²) in [4.78, 5) is 1.43. The van der Waals surface area contributed by atoms with E-state index in [4.69, 9.17) is 9.47 Å². The van der Waals surface area contributed by atoms with E-state index < -0.39 is 37.3 Å². The first-order valence-electron chi connectivity index (χ1n) is 12.1. The second kappa shape index (κ2) is 11.2. The first-order chi connectivity index (χ1) is 17.2. The molecule has 2 atom stereocenters. The van der Waals surface area contributed by atoms with E-state index in [1.807, 2.05) is 24.3 Å². The van der Waals surface area contributed by atoms with Crippen LogP contribution >= 0.6 is 0 Å². The summed E-state index contributed by atoms with van der Waals surface area (Å²) in [6.45, 7) is 1.25. The molecule has 0 fully saturated rings. The second-order valence-corrected chi connectivity index (χ2v) is 9.25. The molecule has 1 heterocycles. The molecule has 0 aromatic heterocycles. The smallest absolute Gasteiger partial charge is 0.401 e. The Morgan fingerprint density at radius 2 is 1.89 bits per heavy atom. The number of methoxy groups -OCH3 is 1. The SMILES string of the molecule is COc1cc(F)c(OCCNCCCF)cc1[C@@H]1C2=C(C[C@@H](C)N1CC(F)(F)F)c1ccccc1C2. The van der Waals surface area contributed by atoms with Crippen LogP contribution in [0.25, 0.3) is 5.57 Å². The van der Waals surface area contributed by atoms with Crippen LogP contribution in [0.5, 0.6) is 11.5 Å². The molecule has 0 unspecified atom stereocenters. The van der Waals surface area contributed by atoms with Crippen LogP contribution in [-0.4, -0.2) is 57.1 Å². The van der Waals surface area contributed by atoms with Crippen LogP contribution in [0.3, 0.4) is 0 Å². The van der Waals surface area contributed by atoms with Gasteiger partial charge in [-0.15, -0.1) is 0 Å². The van der Waals surface area contributed by atoms with Crippen molar-refractivity contribution in [3.05, 3.63) is 64.5 Å². The maximum atomic E-state index is 14.9. The number of rotatable bonds is 10. The zero-order valence-corrected chi connectivity index (χ0v) is 20.4. The number of ether oxygens (including phenoxy) is 2. The number of nitrogens with one attached hydrogen (secondary N) is 1. The number of hydrogen-bond acceptors (Lipinski definition) is 4. The fourth-order valence-electron chi connectivity index (χ4n) is 5.25. The highest BCUT2D eigenvalue weighted by Gasteiger charge is 2.44. The minimum Gasteiger partial charge on any atom is -0.496 e. The van der Waals surface area contributed by atoms with E-state index in [1.165, 1.54) is 24.1 Å². The van der Waals surface area contributed by atoms with Gasteiger partial charge in [0.25, 0.3) is 0 Å². The first kappa shape index (κ1) is 26.4. The molecule has 2 aliphatic rings. The lowest BCUT2D eigenvalue weighted by molar-refractivity contribution is -0.155. The molecule has 4 rings (SSSR count). The molecule has 0 radical (unpaired) electrons. The molecule has 2 aromatic carbocycles. The molecule has 0 saturated heterocycles. The van der Waals surface area contributed by atoms with E-state index in [0.717, 1.165) is 22.3 Å². The summed E-state index contributed by atoms with van der Waals surface area (Å²) in [6.07, 6.45) is -3.02. The van der Waals surface area contributed by atoms with Gasteiger partial charge in [0.15, 0.2) is 11.6 Å². The van der Waals surface area contributed by atoms with Crippen molar-refractivity contribution >= 4 is 5.57 Å². The van der Waals surface area contributed by atoms with Crippen molar-refractivity contribution in [1.82, 2.24) is 10.2 Å². The number of nitrogens with zero attached hydrogens (tertiary/aromatic N) is 1. The van der Waals surface area contributed by atoms with Crippen LogP contribution in [0, 0.1) is 5.82 Å². The molecular weight excluding hydrogens is 479 g/mol. The molecule has 0 amide bonds. The molecule has 1 aliphatic heterocycles. The zero-order chi connectivity index (χ0) is 25.9. The van der Waals surface area contributed by atoms with Crippen molar-refractivity contribution in [2.24, 2.45) is 0 Å². The summed E-state index contributed by atoms with van der Waals surface area (Å²) in [5, 5.41) is 3.00. The molecule has 9 heteroatoms. The molecule has 36 heavy (non-hydrogen) atoms. The fourth-order valence-corrected chi connectivity index (χ4v) is 5.25. The third kappa shape index (κ3) is 5.67. The van der Waals surface area contributed by atoms with E-state index in [9.17, 15) is 22.0 Å². The average Bonchev–Trinajstić information content (AvgIpc) is 3.19. The zero-order valence-electron chi connectivity index (χ0n) is 20.4. The quantitative estimate of drug-likeness (QED) is 0.320. The Labute approximate surface area is 208 Å². The predicted molar refractivity (Wildman–Crippen MR) is 129 cm³/mol. The number of alkyl halides is 4. The van der Waals surface area contributed by atoms with Crippen LogP contribution in [-0.2, 0) is 6.42 Å². The van der Waals surface area contributed by atoms with Crippen molar-refractivity contribution in [2.45, 2.75) is 44.4 Å². The first-order valence-corrected chi connectivity index (χ1v) is 12.1. The summed E-state index contributed by atoms with van der Waals surface area (Å²) in [7, 11) is 1.38. The Balaban J connectivity index is 1.72. The average molecular weight is 511 g/mol. The van der Waals surface area contributed by atoms with Crippen LogP contribution in [0.4, 0.5) is 22.0 Å². The number of benzene rings is 2. The lowest BCUT2D eigenvalue weighted by atomic mass is 9.84. The van der Waals surface area contributed by atoms with E-state index in [0.29, 0.717) is 37.9 Å². The molecule has 1 aliphatic carbocycles. The van der Waals surface area contributed by atoms with Gasteiger partial charge in [0.05, 0.1) is 26.4 Å². The summed E-state index contributed by atoms with van der Waals surface area (Å²) >= 11 is 0. The molecule has 2 aromatic rings. The van der Waals surface area contributed by atoms with Crippen molar-refractivity contribution in [2.75, 3.05) is 40.0 Å². The number of fused-ring (bicyclic) bond motifs is 2. The molecule has 0 spiro atoms. The molecule has 4 nitrogen and oxygen atoms in total. The highest BCUT2D eigenvalue weighted by atomic mass is 19.4. The maximum Gasteiger partial charge on any atom is 0.401 e. The van der Waals surface area contributed by atoms with Gasteiger partial charge in [-0.3, -0.25) is 9.29 Å². The Kier molecular flexibility index (Phi) is 8.20. The Bertz CT molecular complexity index is 1100. The van der Waals surface area contributed by atoms with Crippen LogP contribution in [0.1, 0.15) is 42.5 Å². The van der Waals surface area contributed by atoms with Crippen molar-refractivity contribution in [1.29, 1.82) is 0 Å². The molecule has 0 saturated carbocycles. The van der Waals surface area contributed by atoms with E-state index >= 15 is 0 Å². The lowest BCUT2D eigenvalue weighted by Crippen LogP contribution is -2.46. The van der Waals surface area contributed by atoms with Crippen molar-refractivity contribution in [3.8, 4) is 11.5 Å². The van der Waals surface area contributed by atoms with Gasteiger partial charge < -0.3 is 14.8 Å². The summed E-state index contributed by atoms with van der Waals surface area (Å²) < 4.78 is 79.4. The van der Waals surface area contributed by atoms with Gasteiger partial charge in [0.1, 0.15) is 12.4 Å². The Morgan fingerprint density at radius 1 is 1.11 bits per heavy atom. The molecule has 1 N–H and O–H groups in total. The monoisotopic (exact) mass is 510 g/mol. The maximum absolute atomic E-state index is 14.9. The highest BCUT2D eigenvalue weighted by molar-refractivity contribution is 5.79. The minimum absolute atomic E-state index is 0.0547. The van der Waals surface area contributed by atoms with E-state index in [2.05, 4.69) is 5.32 Å². The van der Waals surface area contributed by atoms with Gasteiger partial charge in [-0.25, -0.2) is 4.39 Å². The van der Waals surface area contributed by atoms with E-state index in [1.54, 1.807) is 6.92 Å². The topological polar surface area (TPSA) is 33.7 Å². The van der Waals surface area contributed by atoms with Gasteiger partial charge in [-0.2, -0.15) is 13.2 Å².